The van der Waals surface area contributed by atoms with Crippen LogP contribution in [-0.2, 0) is 45.1 Å². The van der Waals surface area contributed by atoms with Crippen LogP contribution in [0.15, 0.2) is 48.5 Å². The maximum absolute atomic E-state index is 2.55. The molecule has 0 aliphatic heterocycles. The van der Waals surface area contributed by atoms with E-state index in [0.717, 1.165) is 0 Å². The van der Waals surface area contributed by atoms with E-state index in [-0.39, 0.29) is 25.8 Å². The summed E-state index contributed by atoms with van der Waals surface area (Å²) >= 11 is 0. The second kappa shape index (κ2) is 7.74. The summed E-state index contributed by atoms with van der Waals surface area (Å²) in [4.78, 5) is 0. The van der Waals surface area contributed by atoms with Crippen LogP contribution in [0.25, 0.3) is 6.08 Å². The smallest absolute Gasteiger partial charge is 0.00305 e. The van der Waals surface area contributed by atoms with Gasteiger partial charge in [0.05, 0.1) is 0 Å². The van der Waals surface area contributed by atoms with Crippen molar-refractivity contribution in [3.63, 3.8) is 0 Å². The SMILES string of the molecule is CCC1(CC)Cc2cc3c(cc2C1)C(CCc1ccccc1)C=C3.[Hf]. The molecule has 2 aromatic carbocycles. The molecule has 0 nitrogen and oxygen atoms in total. The summed E-state index contributed by atoms with van der Waals surface area (Å²) in [5.41, 5.74) is 8.29. The summed E-state index contributed by atoms with van der Waals surface area (Å²) in [5, 5.41) is 0. The van der Waals surface area contributed by atoms with Crippen molar-refractivity contribution in [3.8, 4) is 0 Å². The molecule has 0 heterocycles. The van der Waals surface area contributed by atoms with E-state index in [2.05, 4.69) is 68.5 Å². The van der Waals surface area contributed by atoms with Gasteiger partial charge in [0.1, 0.15) is 0 Å². The maximum atomic E-state index is 2.55. The Hall–Kier alpha value is -0.950. The number of benzene rings is 2. The number of rotatable bonds is 5. The molecule has 0 bridgehead atoms. The fourth-order valence-corrected chi connectivity index (χ4v) is 4.68. The third-order valence-corrected chi connectivity index (χ3v) is 6.53. The Morgan fingerprint density at radius 1 is 0.960 bits per heavy atom. The first-order valence-electron chi connectivity index (χ1n) is 9.61. The zero-order valence-corrected chi connectivity index (χ0v) is 19.1. The largest absolute Gasteiger partial charge is 0.0764 e. The van der Waals surface area contributed by atoms with Gasteiger partial charge >= 0.3 is 0 Å². The van der Waals surface area contributed by atoms with Crippen LogP contribution >= 0.6 is 0 Å². The standard InChI is InChI=1S/C24H28.Hf/c1-3-24(4-2)16-21-14-20-13-12-19(23(20)15-22(21)17-24)11-10-18-8-6-5-7-9-18;/h5-9,12-15,19H,3-4,10-11,16-17H2,1-2H3;. The van der Waals surface area contributed by atoms with Crippen molar-refractivity contribution < 1.29 is 25.8 Å². The summed E-state index contributed by atoms with van der Waals surface area (Å²) in [6.45, 7) is 4.73. The van der Waals surface area contributed by atoms with Crippen LogP contribution in [0.2, 0.25) is 0 Å². The molecule has 1 unspecified atom stereocenters. The van der Waals surface area contributed by atoms with Crippen LogP contribution in [0.5, 0.6) is 0 Å². The molecular formula is C24H28Hf. The quantitative estimate of drug-likeness (QED) is 0.426. The zero-order valence-electron chi connectivity index (χ0n) is 15.5. The first-order valence-corrected chi connectivity index (χ1v) is 9.61. The van der Waals surface area contributed by atoms with E-state index < -0.39 is 0 Å². The van der Waals surface area contributed by atoms with Crippen molar-refractivity contribution in [2.45, 2.75) is 58.3 Å². The first-order chi connectivity index (χ1) is 11.7. The predicted octanol–water partition coefficient (Wildman–Crippen LogP) is 6.33. The van der Waals surface area contributed by atoms with Gasteiger partial charge in [-0.3, -0.25) is 0 Å². The fourth-order valence-electron chi connectivity index (χ4n) is 4.68. The van der Waals surface area contributed by atoms with Crippen LogP contribution in [0.4, 0.5) is 0 Å². The van der Waals surface area contributed by atoms with Gasteiger partial charge in [0, 0.05) is 31.8 Å². The minimum Gasteiger partial charge on any atom is -0.0764 e. The third kappa shape index (κ3) is 3.63. The molecule has 2 aliphatic carbocycles. The Balaban J connectivity index is 0.00000182. The van der Waals surface area contributed by atoms with Crippen LogP contribution in [-0.4, -0.2) is 0 Å². The number of hydrogen-bond acceptors (Lipinski definition) is 0. The summed E-state index contributed by atoms with van der Waals surface area (Å²) in [6.07, 6.45) is 12.4. The molecule has 0 aromatic heterocycles. The van der Waals surface area contributed by atoms with Gasteiger partial charge in [0.2, 0.25) is 0 Å². The Morgan fingerprint density at radius 3 is 2.32 bits per heavy atom. The van der Waals surface area contributed by atoms with Crippen molar-refractivity contribution in [3.05, 3.63) is 76.4 Å². The van der Waals surface area contributed by atoms with Crippen molar-refractivity contribution in [2.24, 2.45) is 5.41 Å². The summed E-state index contributed by atoms with van der Waals surface area (Å²) in [5.74, 6) is 0.601. The molecule has 0 amide bonds. The molecule has 0 saturated carbocycles. The Labute approximate surface area is 171 Å². The normalized spacial score (nSPS) is 19.4. The number of allylic oxidation sites excluding steroid dienone is 1. The van der Waals surface area contributed by atoms with Crippen molar-refractivity contribution in [1.82, 2.24) is 0 Å². The topological polar surface area (TPSA) is 0 Å². The number of hydrogen-bond donors (Lipinski definition) is 0. The number of aryl methyl sites for hydroxylation is 1. The molecule has 0 fully saturated rings. The average Bonchev–Trinajstić information content (AvgIpc) is 3.19. The third-order valence-electron chi connectivity index (χ3n) is 6.53. The van der Waals surface area contributed by atoms with Crippen molar-refractivity contribution >= 4 is 6.08 Å². The molecule has 25 heavy (non-hydrogen) atoms. The van der Waals surface area contributed by atoms with Crippen LogP contribution < -0.4 is 0 Å². The summed E-state index contributed by atoms with van der Waals surface area (Å²) in [6, 6.07) is 15.9. The van der Waals surface area contributed by atoms with E-state index in [9.17, 15) is 0 Å². The van der Waals surface area contributed by atoms with E-state index in [4.69, 9.17) is 0 Å². The van der Waals surface area contributed by atoms with Crippen LogP contribution in [0.1, 0.15) is 66.8 Å². The zero-order chi connectivity index (χ0) is 16.6. The monoisotopic (exact) mass is 496 g/mol. The van der Waals surface area contributed by atoms with Gasteiger partial charge in [-0.25, -0.2) is 0 Å². The molecule has 0 saturated heterocycles. The minimum absolute atomic E-state index is 0. The molecule has 0 spiro atoms. The van der Waals surface area contributed by atoms with E-state index >= 15 is 0 Å². The van der Waals surface area contributed by atoms with E-state index in [0.29, 0.717) is 11.3 Å². The van der Waals surface area contributed by atoms with Gasteiger partial charge in [-0.2, -0.15) is 0 Å². The Morgan fingerprint density at radius 2 is 1.64 bits per heavy atom. The van der Waals surface area contributed by atoms with E-state index in [1.54, 1.807) is 16.7 Å². The van der Waals surface area contributed by atoms with Gasteiger partial charge in [-0.1, -0.05) is 68.5 Å². The summed E-state index contributed by atoms with van der Waals surface area (Å²) < 4.78 is 0. The van der Waals surface area contributed by atoms with Gasteiger partial charge < -0.3 is 0 Å². The first kappa shape index (κ1) is 18.8. The predicted molar refractivity (Wildman–Crippen MR) is 103 cm³/mol. The van der Waals surface area contributed by atoms with Crippen LogP contribution in [0, 0.1) is 5.41 Å². The van der Waals surface area contributed by atoms with Gasteiger partial charge in [0.25, 0.3) is 0 Å². The van der Waals surface area contributed by atoms with Crippen molar-refractivity contribution in [1.29, 1.82) is 0 Å². The minimum atomic E-state index is 0. The van der Waals surface area contributed by atoms with Gasteiger partial charge in [-0.15, -0.1) is 0 Å². The maximum Gasteiger partial charge on any atom is 0.00305 e. The Kier molecular flexibility index (Phi) is 5.83. The summed E-state index contributed by atoms with van der Waals surface area (Å²) in [7, 11) is 0. The van der Waals surface area contributed by atoms with Crippen molar-refractivity contribution in [2.75, 3.05) is 0 Å². The second-order valence-electron chi connectivity index (χ2n) is 7.80. The fraction of sp³-hybridized carbons (Fsp3) is 0.417. The Bertz CT molecular complexity index is 753. The molecule has 0 N–H and O–H groups in total. The average molecular weight is 495 g/mol. The van der Waals surface area contributed by atoms with Crippen LogP contribution in [0.3, 0.4) is 0 Å². The molecule has 128 valence electrons. The molecule has 0 radical (unpaired) electrons. The molecule has 1 atom stereocenters. The molecular weight excluding hydrogens is 467 g/mol. The van der Waals surface area contributed by atoms with Gasteiger partial charge in [-0.05, 0) is 71.8 Å². The molecule has 2 aliphatic rings. The van der Waals surface area contributed by atoms with E-state index in [1.807, 2.05) is 0 Å². The van der Waals surface area contributed by atoms with Gasteiger partial charge in [0.15, 0.2) is 0 Å². The number of fused-ring (bicyclic) bond motifs is 2. The molecule has 1 heteroatoms. The second-order valence-corrected chi connectivity index (χ2v) is 7.80. The molecule has 2 aromatic rings. The van der Waals surface area contributed by atoms with E-state index in [1.165, 1.54) is 49.7 Å². The molecule has 4 rings (SSSR count).